The Morgan fingerprint density at radius 2 is 1.50 bits per heavy atom. The van der Waals surface area contributed by atoms with E-state index in [1.165, 1.54) is 30.3 Å². The Labute approximate surface area is 92.0 Å². The van der Waals surface area contributed by atoms with Gasteiger partial charge in [-0.05, 0) is 12.1 Å². The van der Waals surface area contributed by atoms with Crippen molar-refractivity contribution in [1.82, 2.24) is 0 Å². The highest BCUT2D eigenvalue weighted by Gasteiger charge is 2.13. The fourth-order valence-corrected chi connectivity index (χ4v) is 1.44. The van der Waals surface area contributed by atoms with Gasteiger partial charge in [0.15, 0.2) is 5.78 Å². The summed E-state index contributed by atoms with van der Waals surface area (Å²) in [4.78, 5) is 11.8. The van der Waals surface area contributed by atoms with Crippen LogP contribution in [-0.4, -0.2) is 5.78 Å². The minimum Gasteiger partial charge on any atom is -0.872 e. The molecule has 0 bridgehead atoms. The van der Waals surface area contributed by atoms with E-state index in [0.717, 1.165) is 0 Å². The van der Waals surface area contributed by atoms with Crippen molar-refractivity contribution >= 4 is 5.78 Å². The minimum atomic E-state index is -0.615. The number of ketones is 1. The molecule has 2 aromatic rings. The Bertz CT molecular complexity index is 487. The molecule has 3 heteroatoms. The van der Waals surface area contributed by atoms with Gasteiger partial charge in [-0.25, -0.2) is 4.39 Å². The third-order valence-corrected chi connectivity index (χ3v) is 2.25. The summed E-state index contributed by atoms with van der Waals surface area (Å²) in [5, 5.41) is 11.4. The summed E-state index contributed by atoms with van der Waals surface area (Å²) in [7, 11) is 0. The number of carbonyl (C=O) groups is 1. The number of halogens is 1. The van der Waals surface area contributed by atoms with Gasteiger partial charge in [0.1, 0.15) is 5.82 Å². The Hall–Kier alpha value is -2.16. The van der Waals surface area contributed by atoms with Crippen molar-refractivity contribution in [3.63, 3.8) is 0 Å². The second-order valence-corrected chi connectivity index (χ2v) is 3.31. The van der Waals surface area contributed by atoms with Crippen LogP contribution in [0.2, 0.25) is 0 Å². The zero-order valence-corrected chi connectivity index (χ0v) is 8.31. The second kappa shape index (κ2) is 4.14. The molecule has 0 heterocycles. The van der Waals surface area contributed by atoms with E-state index in [-0.39, 0.29) is 11.1 Å². The summed E-state index contributed by atoms with van der Waals surface area (Å²) in [6, 6.07) is 11.4. The van der Waals surface area contributed by atoms with Gasteiger partial charge in [-0.3, -0.25) is 4.79 Å². The number of hydrogen-bond donors (Lipinski definition) is 0. The van der Waals surface area contributed by atoms with Gasteiger partial charge in [-0.2, -0.15) is 0 Å². The third kappa shape index (κ3) is 1.80. The first kappa shape index (κ1) is 10.4. The summed E-state index contributed by atoms with van der Waals surface area (Å²) in [5.74, 6) is -1.59. The Morgan fingerprint density at radius 3 is 2.12 bits per heavy atom. The van der Waals surface area contributed by atoms with Crippen LogP contribution in [0.4, 0.5) is 4.39 Å². The van der Waals surface area contributed by atoms with Gasteiger partial charge in [-0.1, -0.05) is 42.1 Å². The zero-order valence-electron chi connectivity index (χ0n) is 8.31. The van der Waals surface area contributed by atoms with Crippen LogP contribution in [0.1, 0.15) is 15.9 Å². The first-order valence-electron chi connectivity index (χ1n) is 4.75. The van der Waals surface area contributed by atoms with Crippen molar-refractivity contribution in [3.05, 3.63) is 65.5 Å². The minimum absolute atomic E-state index is 0.00685. The van der Waals surface area contributed by atoms with Gasteiger partial charge in [0.05, 0.1) is 5.56 Å². The number of rotatable bonds is 2. The molecule has 0 unspecified atom stereocenters. The van der Waals surface area contributed by atoms with E-state index >= 15 is 0 Å². The number of carbonyl (C=O) groups excluding carboxylic acids is 1. The largest absolute Gasteiger partial charge is 0.872 e. The van der Waals surface area contributed by atoms with Crippen LogP contribution >= 0.6 is 0 Å². The normalized spacial score (nSPS) is 10.1. The average molecular weight is 215 g/mol. The number of benzene rings is 2. The maximum Gasteiger partial charge on any atom is 0.195 e. The quantitative estimate of drug-likeness (QED) is 0.720. The van der Waals surface area contributed by atoms with Crippen molar-refractivity contribution in [2.24, 2.45) is 0 Å². The number of hydrogen-bond acceptors (Lipinski definition) is 2. The molecule has 0 saturated heterocycles. The smallest absolute Gasteiger partial charge is 0.195 e. The molecule has 0 atom stereocenters. The predicted octanol–water partition coefficient (Wildman–Crippen LogP) is 2.13. The van der Waals surface area contributed by atoms with Crippen LogP contribution < -0.4 is 5.11 Å². The van der Waals surface area contributed by atoms with Gasteiger partial charge in [0.2, 0.25) is 0 Å². The van der Waals surface area contributed by atoms with Crippen LogP contribution in [0, 0.1) is 5.82 Å². The topological polar surface area (TPSA) is 40.1 Å². The molecule has 0 saturated carbocycles. The summed E-state index contributed by atoms with van der Waals surface area (Å²) in [6.45, 7) is 0. The van der Waals surface area contributed by atoms with Crippen molar-refractivity contribution in [1.29, 1.82) is 0 Å². The maximum atomic E-state index is 13.3. The highest BCUT2D eigenvalue weighted by molar-refractivity contribution is 6.10. The van der Waals surface area contributed by atoms with Crippen LogP contribution in [0.15, 0.2) is 48.5 Å². The number of para-hydroxylation sites is 1. The summed E-state index contributed by atoms with van der Waals surface area (Å²) in [6.07, 6.45) is 0. The van der Waals surface area contributed by atoms with E-state index < -0.39 is 17.3 Å². The Balaban J connectivity index is 2.48. The van der Waals surface area contributed by atoms with Crippen molar-refractivity contribution < 1.29 is 14.3 Å². The molecule has 0 radical (unpaired) electrons. The molecule has 0 amide bonds. The first-order chi connectivity index (χ1) is 7.70. The fraction of sp³-hybridized carbons (Fsp3) is 0. The molecule has 0 fully saturated rings. The van der Waals surface area contributed by atoms with E-state index in [4.69, 9.17) is 0 Å². The molecule has 2 nitrogen and oxygen atoms in total. The summed E-state index contributed by atoms with van der Waals surface area (Å²) < 4.78 is 13.3. The van der Waals surface area contributed by atoms with Crippen molar-refractivity contribution in [2.45, 2.75) is 0 Å². The van der Waals surface area contributed by atoms with Gasteiger partial charge in [0, 0.05) is 5.56 Å². The average Bonchev–Trinajstić information content (AvgIpc) is 2.29. The molecule has 0 N–H and O–H groups in total. The first-order valence-corrected chi connectivity index (χ1v) is 4.75. The fourth-order valence-electron chi connectivity index (χ4n) is 1.44. The molecular formula is C13H8FO2-. The lowest BCUT2D eigenvalue weighted by molar-refractivity contribution is -0.268. The van der Waals surface area contributed by atoms with Crippen molar-refractivity contribution in [3.8, 4) is 5.75 Å². The van der Waals surface area contributed by atoms with E-state index in [1.54, 1.807) is 18.2 Å². The lowest BCUT2D eigenvalue weighted by Gasteiger charge is -2.11. The van der Waals surface area contributed by atoms with E-state index in [1.807, 2.05) is 0 Å². The molecule has 16 heavy (non-hydrogen) atoms. The SMILES string of the molecule is O=C(c1ccccc1[O-])c1ccccc1F. The van der Waals surface area contributed by atoms with Gasteiger partial charge in [-0.15, -0.1) is 0 Å². The summed E-state index contributed by atoms with van der Waals surface area (Å²) >= 11 is 0. The van der Waals surface area contributed by atoms with Crippen molar-refractivity contribution in [2.75, 3.05) is 0 Å². The molecule has 0 aliphatic rings. The Morgan fingerprint density at radius 1 is 0.938 bits per heavy atom. The Kier molecular flexibility index (Phi) is 2.68. The molecular weight excluding hydrogens is 207 g/mol. The maximum absolute atomic E-state index is 13.3. The molecule has 0 aliphatic carbocycles. The zero-order chi connectivity index (χ0) is 11.5. The predicted molar refractivity (Wildman–Crippen MR) is 55.7 cm³/mol. The highest BCUT2D eigenvalue weighted by atomic mass is 19.1. The van der Waals surface area contributed by atoms with E-state index in [2.05, 4.69) is 0 Å². The molecule has 0 aromatic heterocycles. The highest BCUT2D eigenvalue weighted by Crippen LogP contribution is 2.18. The molecule has 2 rings (SSSR count). The van der Waals surface area contributed by atoms with E-state index in [0.29, 0.717) is 0 Å². The van der Waals surface area contributed by atoms with Crippen LogP contribution in [0.25, 0.3) is 0 Å². The van der Waals surface area contributed by atoms with Gasteiger partial charge >= 0.3 is 0 Å². The van der Waals surface area contributed by atoms with Gasteiger partial charge in [0.25, 0.3) is 0 Å². The second-order valence-electron chi connectivity index (χ2n) is 3.31. The molecule has 2 aromatic carbocycles. The van der Waals surface area contributed by atoms with Gasteiger partial charge < -0.3 is 5.11 Å². The van der Waals surface area contributed by atoms with Crippen LogP contribution in [-0.2, 0) is 0 Å². The standard InChI is InChI=1S/C13H9FO2/c14-11-7-3-1-5-9(11)13(16)10-6-2-4-8-12(10)15/h1-8,15H/p-1. The third-order valence-electron chi connectivity index (χ3n) is 2.25. The lowest BCUT2D eigenvalue weighted by Crippen LogP contribution is -2.07. The molecule has 0 aliphatic heterocycles. The van der Waals surface area contributed by atoms with Crippen LogP contribution in [0.3, 0.4) is 0 Å². The summed E-state index contributed by atoms with van der Waals surface area (Å²) in [5.41, 5.74) is -0.0848. The van der Waals surface area contributed by atoms with Crippen LogP contribution in [0.5, 0.6) is 5.75 Å². The lowest BCUT2D eigenvalue weighted by atomic mass is 10.0. The monoisotopic (exact) mass is 215 g/mol. The van der Waals surface area contributed by atoms with E-state index in [9.17, 15) is 14.3 Å². The molecule has 80 valence electrons. The molecule has 0 spiro atoms.